The Morgan fingerprint density at radius 3 is 2.42 bits per heavy atom. The Morgan fingerprint density at radius 1 is 1.26 bits per heavy atom. The van der Waals surface area contributed by atoms with Crippen LogP contribution >= 0.6 is 12.2 Å². The summed E-state index contributed by atoms with van der Waals surface area (Å²) in [5.41, 5.74) is 6.02. The average molecular weight is 276 g/mol. The highest BCUT2D eigenvalue weighted by Crippen LogP contribution is 2.09. The molecule has 1 rings (SSSR count). The van der Waals surface area contributed by atoms with Gasteiger partial charge in [0.25, 0.3) is 6.54 Å². The van der Waals surface area contributed by atoms with Gasteiger partial charge >= 0.3 is 5.91 Å². The number of rotatable bonds is 3. The molecule has 7 heteroatoms. The van der Waals surface area contributed by atoms with Crippen LogP contribution in [0.5, 0.6) is 0 Å². The molecule has 1 aromatic carbocycles. The summed E-state index contributed by atoms with van der Waals surface area (Å²) in [6.07, 6.45) is 0. The molecule has 0 aliphatic carbocycles. The molecule has 0 spiro atoms. The second-order valence-corrected chi connectivity index (χ2v) is 3.99. The van der Waals surface area contributed by atoms with Crippen LogP contribution in [0.4, 0.5) is 5.69 Å². The highest BCUT2D eigenvalue weighted by Gasteiger charge is 2.04. The summed E-state index contributed by atoms with van der Waals surface area (Å²) < 4.78 is 0. The monoisotopic (exact) mass is 276 g/mol. The molecule has 19 heavy (non-hydrogen) atoms. The van der Waals surface area contributed by atoms with Crippen LogP contribution in [0.25, 0.3) is 4.85 Å². The van der Waals surface area contributed by atoms with Crippen LogP contribution in [0.15, 0.2) is 24.3 Å². The molecule has 0 aromatic heterocycles. The van der Waals surface area contributed by atoms with E-state index in [0.717, 1.165) is 0 Å². The van der Waals surface area contributed by atoms with Crippen LogP contribution in [0.1, 0.15) is 17.3 Å². The predicted molar refractivity (Wildman–Crippen MR) is 75.4 cm³/mol. The van der Waals surface area contributed by atoms with Crippen molar-refractivity contribution in [3.8, 4) is 0 Å². The number of Topliss-reactive ketones (excluding diaryl/α,β-unsaturated/α-hetero) is 1. The van der Waals surface area contributed by atoms with E-state index in [2.05, 4.69) is 21.0 Å². The van der Waals surface area contributed by atoms with Gasteiger partial charge in [0.1, 0.15) is 0 Å². The number of hydrogen-bond acceptors (Lipinski definition) is 3. The van der Waals surface area contributed by atoms with Crippen LogP contribution in [-0.4, -0.2) is 23.3 Å². The number of nitrogens with zero attached hydrogens (tertiary/aromatic N) is 1. The minimum Gasteiger partial charge on any atom is -0.331 e. The Kier molecular flexibility index (Phi) is 5.44. The third-order valence-electron chi connectivity index (χ3n) is 2.09. The lowest BCUT2D eigenvalue weighted by Gasteiger charge is -2.10. The maximum atomic E-state index is 11.1. The highest BCUT2D eigenvalue weighted by atomic mass is 32.1. The van der Waals surface area contributed by atoms with E-state index in [-0.39, 0.29) is 17.4 Å². The van der Waals surface area contributed by atoms with E-state index in [1.165, 1.54) is 6.92 Å². The van der Waals surface area contributed by atoms with Crippen molar-refractivity contribution in [3.05, 3.63) is 41.2 Å². The lowest BCUT2D eigenvalue weighted by molar-refractivity contribution is -0.119. The summed E-state index contributed by atoms with van der Waals surface area (Å²) in [6.45, 7) is 7.74. The van der Waals surface area contributed by atoms with Crippen molar-refractivity contribution in [2.45, 2.75) is 6.92 Å². The van der Waals surface area contributed by atoms with Crippen molar-refractivity contribution in [2.75, 3.05) is 11.9 Å². The Morgan fingerprint density at radius 2 is 1.89 bits per heavy atom. The number of hydrogen-bond donors (Lipinski definition) is 3. The fourth-order valence-corrected chi connectivity index (χ4v) is 1.36. The molecule has 0 aliphatic rings. The number of ketones is 1. The van der Waals surface area contributed by atoms with Gasteiger partial charge in [-0.1, -0.05) is 0 Å². The number of nitrogens with one attached hydrogen (secondary N) is 3. The molecule has 98 valence electrons. The second-order valence-electron chi connectivity index (χ2n) is 3.58. The SMILES string of the molecule is [C-]#[N+]CC(=O)NNC(=S)Nc1ccc(C(C)=O)cc1. The molecule has 0 bridgehead atoms. The summed E-state index contributed by atoms with van der Waals surface area (Å²) in [5, 5.41) is 3.01. The predicted octanol–water partition coefficient (Wildman–Crippen LogP) is 1.13. The molecule has 3 N–H and O–H groups in total. The fraction of sp³-hybridized carbons (Fsp3) is 0.167. The molecule has 0 atom stereocenters. The van der Waals surface area contributed by atoms with Gasteiger partial charge in [0.2, 0.25) is 0 Å². The van der Waals surface area contributed by atoms with Gasteiger partial charge in [-0.3, -0.25) is 20.4 Å². The molecular weight excluding hydrogens is 264 g/mol. The van der Waals surface area contributed by atoms with E-state index >= 15 is 0 Å². The topological polar surface area (TPSA) is 74.6 Å². The zero-order valence-electron chi connectivity index (χ0n) is 10.2. The number of anilines is 1. The Bertz CT molecular complexity index is 534. The van der Waals surface area contributed by atoms with E-state index in [4.69, 9.17) is 18.8 Å². The van der Waals surface area contributed by atoms with Crippen molar-refractivity contribution >= 4 is 34.7 Å². The van der Waals surface area contributed by atoms with Gasteiger partial charge < -0.3 is 10.2 Å². The summed E-state index contributed by atoms with van der Waals surface area (Å²) >= 11 is 4.94. The maximum absolute atomic E-state index is 11.1. The van der Waals surface area contributed by atoms with Crippen LogP contribution in [0.2, 0.25) is 0 Å². The summed E-state index contributed by atoms with van der Waals surface area (Å²) in [4.78, 5) is 25.0. The Labute approximate surface area is 116 Å². The van der Waals surface area contributed by atoms with Gasteiger partial charge in [-0.25, -0.2) is 6.57 Å². The molecule has 0 aliphatic heterocycles. The van der Waals surface area contributed by atoms with Gasteiger partial charge in [-0.15, -0.1) is 0 Å². The number of benzene rings is 1. The van der Waals surface area contributed by atoms with Crippen LogP contribution in [-0.2, 0) is 4.79 Å². The largest absolute Gasteiger partial charge is 0.331 e. The number of thiocarbonyl (C=S) groups is 1. The minimum atomic E-state index is -0.467. The zero-order chi connectivity index (χ0) is 14.3. The zero-order valence-corrected chi connectivity index (χ0v) is 11.0. The van der Waals surface area contributed by atoms with Crippen molar-refractivity contribution in [1.29, 1.82) is 0 Å². The Hall–Kier alpha value is -2.46. The smallest absolute Gasteiger partial charge is 0.318 e. The lowest BCUT2D eigenvalue weighted by Crippen LogP contribution is -2.44. The molecular formula is C12H12N4O2S. The average Bonchev–Trinajstić information content (AvgIpc) is 2.37. The molecule has 0 radical (unpaired) electrons. The molecule has 6 nitrogen and oxygen atoms in total. The number of amides is 1. The van der Waals surface area contributed by atoms with E-state index < -0.39 is 5.91 Å². The van der Waals surface area contributed by atoms with Gasteiger partial charge in [-0.05, 0) is 43.4 Å². The van der Waals surface area contributed by atoms with E-state index in [9.17, 15) is 9.59 Å². The van der Waals surface area contributed by atoms with E-state index in [1.54, 1.807) is 24.3 Å². The first-order valence-electron chi connectivity index (χ1n) is 5.33. The lowest BCUT2D eigenvalue weighted by atomic mass is 10.1. The van der Waals surface area contributed by atoms with E-state index in [0.29, 0.717) is 11.3 Å². The number of hydrazine groups is 1. The van der Waals surface area contributed by atoms with Gasteiger partial charge in [0, 0.05) is 11.3 Å². The molecule has 0 saturated carbocycles. The third kappa shape index (κ3) is 5.14. The standard InChI is InChI=1S/C12H12N4O2S/c1-8(17)9-3-5-10(6-4-9)14-12(19)16-15-11(18)7-13-2/h3-6H,7H2,1H3,(H,15,18)(H2,14,16,19). The van der Waals surface area contributed by atoms with Crippen molar-refractivity contribution < 1.29 is 9.59 Å². The summed E-state index contributed by atoms with van der Waals surface area (Å²) in [7, 11) is 0. The van der Waals surface area contributed by atoms with Gasteiger partial charge in [0.05, 0.1) is 0 Å². The maximum Gasteiger partial charge on any atom is 0.318 e. The van der Waals surface area contributed by atoms with Crippen LogP contribution < -0.4 is 16.2 Å². The molecule has 0 saturated heterocycles. The first-order chi connectivity index (χ1) is 9.02. The van der Waals surface area contributed by atoms with E-state index in [1.807, 2.05) is 0 Å². The first-order valence-corrected chi connectivity index (χ1v) is 5.74. The number of carbonyl (C=O) groups excluding carboxylic acids is 2. The third-order valence-corrected chi connectivity index (χ3v) is 2.29. The molecule has 0 fully saturated rings. The second kappa shape index (κ2) is 7.08. The van der Waals surface area contributed by atoms with Gasteiger partial charge in [0.15, 0.2) is 10.9 Å². The Balaban J connectivity index is 2.46. The van der Waals surface area contributed by atoms with Crippen LogP contribution in [0.3, 0.4) is 0 Å². The van der Waals surface area contributed by atoms with Crippen molar-refractivity contribution in [1.82, 2.24) is 10.9 Å². The number of carbonyl (C=O) groups is 2. The van der Waals surface area contributed by atoms with Gasteiger partial charge in [-0.2, -0.15) is 0 Å². The van der Waals surface area contributed by atoms with Crippen LogP contribution in [0, 0.1) is 6.57 Å². The highest BCUT2D eigenvalue weighted by molar-refractivity contribution is 7.80. The quantitative estimate of drug-likeness (QED) is 0.334. The summed E-state index contributed by atoms with van der Waals surface area (Å²) in [6, 6.07) is 6.74. The minimum absolute atomic E-state index is 0.0151. The molecule has 0 heterocycles. The van der Waals surface area contributed by atoms with Crippen molar-refractivity contribution in [3.63, 3.8) is 0 Å². The molecule has 1 amide bonds. The molecule has 0 unspecified atom stereocenters. The first kappa shape index (κ1) is 14.6. The van der Waals surface area contributed by atoms with Crippen molar-refractivity contribution in [2.24, 2.45) is 0 Å². The fourth-order valence-electron chi connectivity index (χ4n) is 1.19. The normalized spacial score (nSPS) is 9.05. The summed E-state index contributed by atoms with van der Waals surface area (Å²) in [5.74, 6) is -0.482. The molecule has 1 aromatic rings.